The second-order valence-corrected chi connectivity index (χ2v) is 4.73. The van der Waals surface area contributed by atoms with Crippen LogP contribution in [0.5, 0.6) is 5.75 Å². The molecular formula is C13H12N6O2. The summed E-state index contributed by atoms with van der Waals surface area (Å²) in [7, 11) is 0. The summed E-state index contributed by atoms with van der Waals surface area (Å²) in [5, 5.41) is 10.4. The molecule has 4 rings (SSSR count). The lowest BCUT2D eigenvalue weighted by Crippen LogP contribution is -2.16. The predicted molar refractivity (Wildman–Crippen MR) is 72.5 cm³/mol. The molecule has 0 aliphatic carbocycles. The van der Waals surface area contributed by atoms with Crippen molar-refractivity contribution in [2.45, 2.75) is 12.3 Å². The summed E-state index contributed by atoms with van der Waals surface area (Å²) in [6.45, 7) is 0.626. The van der Waals surface area contributed by atoms with Crippen molar-refractivity contribution in [3.05, 3.63) is 35.7 Å². The van der Waals surface area contributed by atoms with E-state index in [0.29, 0.717) is 18.3 Å². The minimum atomic E-state index is 0.0488. The summed E-state index contributed by atoms with van der Waals surface area (Å²) in [5.74, 6) is 2.30. The lowest BCUT2D eigenvalue weighted by atomic mass is 9.92. The number of nitrogens with zero attached hydrogens (tertiary/aromatic N) is 4. The van der Waals surface area contributed by atoms with E-state index in [-0.39, 0.29) is 17.8 Å². The zero-order chi connectivity index (χ0) is 14.2. The number of anilines is 1. The Labute approximate surface area is 119 Å². The molecule has 3 heterocycles. The molecule has 2 aromatic heterocycles. The van der Waals surface area contributed by atoms with Crippen LogP contribution in [-0.2, 0) is 0 Å². The molecule has 0 radical (unpaired) electrons. The first-order chi connectivity index (χ1) is 10.3. The largest absolute Gasteiger partial charge is 0.493 e. The molecule has 8 heteroatoms. The fourth-order valence-electron chi connectivity index (χ4n) is 2.45. The Morgan fingerprint density at radius 1 is 1.24 bits per heavy atom. The van der Waals surface area contributed by atoms with Crippen molar-refractivity contribution in [1.29, 1.82) is 0 Å². The third-order valence-electron chi connectivity index (χ3n) is 3.42. The molecule has 0 saturated heterocycles. The number of nitrogens with one attached hydrogen (secondary N) is 1. The van der Waals surface area contributed by atoms with Gasteiger partial charge in [-0.1, -0.05) is 23.4 Å². The first kappa shape index (κ1) is 11.9. The van der Waals surface area contributed by atoms with E-state index >= 15 is 0 Å². The summed E-state index contributed by atoms with van der Waals surface area (Å²) < 4.78 is 10.9. The van der Waals surface area contributed by atoms with E-state index in [1.54, 1.807) is 0 Å². The molecule has 0 amide bonds. The number of benzene rings is 1. The molecule has 1 unspecified atom stereocenters. The quantitative estimate of drug-likeness (QED) is 0.729. The maximum Gasteiger partial charge on any atom is 0.295 e. The standard InChI is InChI=1S/C13H12N6O2/c14-13-16-11(17-18-13)12-15-10(19-21-12)8-5-6-20-9-4-2-1-3-7(8)9/h1-4,8H,5-6H2,(H3,14,16,17,18). The van der Waals surface area contributed by atoms with Gasteiger partial charge in [-0.3, -0.25) is 5.10 Å². The highest BCUT2D eigenvalue weighted by Crippen LogP contribution is 2.36. The van der Waals surface area contributed by atoms with Crippen molar-refractivity contribution in [1.82, 2.24) is 25.3 Å². The van der Waals surface area contributed by atoms with Crippen molar-refractivity contribution < 1.29 is 9.26 Å². The molecule has 0 spiro atoms. The molecule has 21 heavy (non-hydrogen) atoms. The number of H-pyrrole nitrogens is 1. The van der Waals surface area contributed by atoms with E-state index in [4.69, 9.17) is 15.0 Å². The number of fused-ring (bicyclic) bond motifs is 1. The Kier molecular flexibility index (Phi) is 2.59. The lowest BCUT2D eigenvalue weighted by molar-refractivity contribution is 0.272. The molecular weight excluding hydrogens is 272 g/mol. The number of hydrogen-bond donors (Lipinski definition) is 2. The Balaban J connectivity index is 1.71. The second-order valence-electron chi connectivity index (χ2n) is 4.73. The molecule has 3 aromatic rings. The molecule has 1 aliphatic rings. The van der Waals surface area contributed by atoms with Crippen molar-refractivity contribution in [3.63, 3.8) is 0 Å². The molecule has 8 nitrogen and oxygen atoms in total. The number of nitrogen functional groups attached to an aromatic ring is 1. The first-order valence-electron chi connectivity index (χ1n) is 6.55. The number of aromatic amines is 1. The van der Waals surface area contributed by atoms with Gasteiger partial charge in [-0.2, -0.15) is 9.97 Å². The molecule has 0 saturated carbocycles. The minimum Gasteiger partial charge on any atom is -0.493 e. The maximum atomic E-state index is 5.64. The highest BCUT2D eigenvalue weighted by molar-refractivity contribution is 5.44. The molecule has 0 bridgehead atoms. The molecule has 3 N–H and O–H groups in total. The summed E-state index contributed by atoms with van der Waals surface area (Å²) in [6, 6.07) is 7.88. The highest BCUT2D eigenvalue weighted by Gasteiger charge is 2.27. The summed E-state index contributed by atoms with van der Waals surface area (Å²) >= 11 is 0. The Hall–Kier alpha value is -2.90. The first-order valence-corrected chi connectivity index (χ1v) is 6.55. The number of ether oxygens (including phenoxy) is 1. The molecule has 1 aliphatic heterocycles. The van der Waals surface area contributed by atoms with Gasteiger partial charge in [0.15, 0.2) is 5.82 Å². The van der Waals surface area contributed by atoms with Gasteiger partial charge in [-0.15, -0.1) is 5.10 Å². The fraction of sp³-hybridized carbons (Fsp3) is 0.231. The molecule has 0 fully saturated rings. The van der Waals surface area contributed by atoms with E-state index in [2.05, 4.69) is 25.3 Å². The summed E-state index contributed by atoms with van der Waals surface area (Å²) in [4.78, 5) is 8.37. The number of para-hydroxylation sites is 1. The van der Waals surface area contributed by atoms with Crippen LogP contribution in [0.2, 0.25) is 0 Å². The molecule has 1 atom stereocenters. The number of nitrogens with two attached hydrogens (primary N) is 1. The number of hydrogen-bond acceptors (Lipinski definition) is 7. The van der Waals surface area contributed by atoms with Gasteiger partial charge in [0.2, 0.25) is 11.8 Å². The van der Waals surface area contributed by atoms with Gasteiger partial charge in [0.1, 0.15) is 5.75 Å². The number of rotatable bonds is 2. The third kappa shape index (κ3) is 2.00. The summed E-state index contributed by atoms with van der Waals surface area (Å²) in [6.07, 6.45) is 0.800. The third-order valence-corrected chi connectivity index (χ3v) is 3.42. The average Bonchev–Trinajstić information content (AvgIpc) is 3.15. The van der Waals surface area contributed by atoms with Gasteiger partial charge in [0.25, 0.3) is 5.89 Å². The monoisotopic (exact) mass is 284 g/mol. The van der Waals surface area contributed by atoms with Crippen LogP contribution in [0.1, 0.15) is 23.7 Å². The Bertz CT molecular complexity index is 780. The van der Waals surface area contributed by atoms with Crippen LogP contribution < -0.4 is 10.5 Å². The van der Waals surface area contributed by atoms with Gasteiger partial charge in [-0.25, -0.2) is 0 Å². The predicted octanol–water partition coefficient (Wildman–Crippen LogP) is 1.35. The molecule has 1 aromatic carbocycles. The van der Waals surface area contributed by atoms with Crippen LogP contribution in [-0.4, -0.2) is 31.9 Å². The zero-order valence-electron chi connectivity index (χ0n) is 11.0. The lowest BCUT2D eigenvalue weighted by Gasteiger charge is -2.23. The SMILES string of the molecule is Nc1n[nH]c(-c2nc(C3CCOc4ccccc43)no2)n1. The Morgan fingerprint density at radius 3 is 3.00 bits per heavy atom. The zero-order valence-corrected chi connectivity index (χ0v) is 11.0. The normalized spacial score (nSPS) is 17.2. The second kappa shape index (κ2) is 4.58. The van der Waals surface area contributed by atoms with Gasteiger partial charge in [0, 0.05) is 5.56 Å². The van der Waals surface area contributed by atoms with Crippen molar-refractivity contribution in [2.24, 2.45) is 0 Å². The van der Waals surface area contributed by atoms with Crippen LogP contribution >= 0.6 is 0 Å². The highest BCUT2D eigenvalue weighted by atomic mass is 16.5. The van der Waals surface area contributed by atoms with Gasteiger partial charge in [-0.05, 0) is 12.5 Å². The summed E-state index contributed by atoms with van der Waals surface area (Å²) in [5.41, 5.74) is 6.53. The van der Waals surface area contributed by atoms with Crippen molar-refractivity contribution in [3.8, 4) is 17.5 Å². The van der Waals surface area contributed by atoms with Gasteiger partial charge < -0.3 is 15.0 Å². The van der Waals surface area contributed by atoms with Crippen LogP contribution in [0.25, 0.3) is 11.7 Å². The molecule has 106 valence electrons. The Morgan fingerprint density at radius 2 is 2.14 bits per heavy atom. The van der Waals surface area contributed by atoms with E-state index in [0.717, 1.165) is 17.7 Å². The van der Waals surface area contributed by atoms with Crippen molar-refractivity contribution >= 4 is 5.95 Å². The van der Waals surface area contributed by atoms with Crippen LogP contribution in [0.15, 0.2) is 28.8 Å². The topological polar surface area (TPSA) is 116 Å². The maximum absolute atomic E-state index is 5.64. The number of aromatic nitrogens is 5. The fourth-order valence-corrected chi connectivity index (χ4v) is 2.45. The van der Waals surface area contributed by atoms with Gasteiger partial charge >= 0.3 is 0 Å². The van der Waals surface area contributed by atoms with Crippen LogP contribution in [0, 0.1) is 0 Å². The minimum absolute atomic E-state index is 0.0488. The van der Waals surface area contributed by atoms with Crippen LogP contribution in [0.3, 0.4) is 0 Å². The van der Waals surface area contributed by atoms with E-state index in [1.165, 1.54) is 0 Å². The van der Waals surface area contributed by atoms with Gasteiger partial charge in [0.05, 0.1) is 12.5 Å². The van der Waals surface area contributed by atoms with E-state index < -0.39 is 0 Å². The van der Waals surface area contributed by atoms with E-state index in [9.17, 15) is 0 Å². The smallest absolute Gasteiger partial charge is 0.295 e. The van der Waals surface area contributed by atoms with E-state index in [1.807, 2.05) is 24.3 Å². The average molecular weight is 284 g/mol. The van der Waals surface area contributed by atoms with Crippen LogP contribution in [0.4, 0.5) is 5.95 Å². The van der Waals surface area contributed by atoms with Crippen molar-refractivity contribution in [2.75, 3.05) is 12.3 Å².